The van der Waals surface area contributed by atoms with Crippen molar-refractivity contribution in [2.45, 2.75) is 43.9 Å². The number of hydrogen-bond acceptors (Lipinski definition) is 4. The standard InChI is InChI=1S/C24H20F4N4O/c25-16-3-6-19(20(12-16)22-29-8-1-9-30-22)23(33)32-18-5-7-21(32)14(11-18)10-17-4-2-15(13-31-17)24(26,27)28/h1-4,6,8-9,12-14,18,21H,5,7,10-11H2. The van der Waals surface area contributed by atoms with Gasteiger partial charge in [0.2, 0.25) is 0 Å². The Bertz CT molecular complexity index is 1170. The summed E-state index contributed by atoms with van der Waals surface area (Å²) in [5.41, 5.74) is 0.483. The molecule has 0 aliphatic carbocycles. The van der Waals surface area contributed by atoms with Gasteiger partial charge in [-0.1, -0.05) is 0 Å². The molecule has 0 saturated carbocycles. The molecule has 2 aliphatic rings. The largest absolute Gasteiger partial charge is 0.417 e. The predicted molar refractivity (Wildman–Crippen MR) is 111 cm³/mol. The normalized spacial score (nSPS) is 22.1. The predicted octanol–water partition coefficient (Wildman–Crippen LogP) is 4.93. The third-order valence-corrected chi connectivity index (χ3v) is 6.54. The van der Waals surface area contributed by atoms with Crippen LogP contribution in [0.2, 0.25) is 0 Å². The van der Waals surface area contributed by atoms with Crippen LogP contribution in [0.1, 0.15) is 40.9 Å². The summed E-state index contributed by atoms with van der Waals surface area (Å²) in [7, 11) is 0. The molecule has 2 aliphatic heterocycles. The van der Waals surface area contributed by atoms with E-state index in [1.54, 1.807) is 6.07 Å². The summed E-state index contributed by atoms with van der Waals surface area (Å²) in [6.45, 7) is 0. The van der Waals surface area contributed by atoms with Crippen molar-refractivity contribution >= 4 is 5.91 Å². The number of carbonyl (C=O) groups is 1. The van der Waals surface area contributed by atoms with E-state index in [0.29, 0.717) is 23.2 Å². The van der Waals surface area contributed by atoms with Crippen LogP contribution in [0.25, 0.3) is 11.4 Å². The van der Waals surface area contributed by atoms with Crippen LogP contribution in [-0.2, 0) is 12.6 Å². The maximum Gasteiger partial charge on any atom is 0.417 e. The number of rotatable bonds is 4. The lowest BCUT2D eigenvalue weighted by Gasteiger charge is -2.25. The molecule has 3 unspecified atom stereocenters. The van der Waals surface area contributed by atoms with Crippen molar-refractivity contribution in [1.82, 2.24) is 19.9 Å². The molecule has 0 N–H and O–H groups in total. The fourth-order valence-corrected chi connectivity index (χ4v) is 5.10. The van der Waals surface area contributed by atoms with Gasteiger partial charge in [-0.25, -0.2) is 14.4 Å². The fourth-order valence-electron chi connectivity index (χ4n) is 5.10. The maximum atomic E-state index is 14.0. The highest BCUT2D eigenvalue weighted by molar-refractivity contribution is 6.00. The fraction of sp³-hybridized carbons (Fsp3) is 0.333. The first-order valence-corrected chi connectivity index (χ1v) is 10.7. The minimum Gasteiger partial charge on any atom is -0.332 e. The van der Waals surface area contributed by atoms with Crippen LogP contribution in [0.15, 0.2) is 55.0 Å². The van der Waals surface area contributed by atoms with Crippen LogP contribution in [-0.4, -0.2) is 37.8 Å². The molecule has 2 fully saturated rings. The topological polar surface area (TPSA) is 59.0 Å². The molecule has 33 heavy (non-hydrogen) atoms. The summed E-state index contributed by atoms with van der Waals surface area (Å²) in [6.07, 6.45) is 2.46. The smallest absolute Gasteiger partial charge is 0.332 e. The molecule has 9 heteroatoms. The molecule has 3 aromatic rings. The third kappa shape index (κ3) is 4.07. The lowest BCUT2D eigenvalue weighted by Crippen LogP contribution is -2.37. The van der Waals surface area contributed by atoms with Gasteiger partial charge in [-0.05, 0) is 68.0 Å². The summed E-state index contributed by atoms with van der Waals surface area (Å²) >= 11 is 0. The highest BCUT2D eigenvalue weighted by Crippen LogP contribution is 2.44. The number of alkyl halides is 3. The summed E-state index contributed by atoms with van der Waals surface area (Å²) in [4.78, 5) is 27.8. The van der Waals surface area contributed by atoms with Crippen LogP contribution in [0.5, 0.6) is 0 Å². The Morgan fingerprint density at radius 1 is 1.06 bits per heavy atom. The van der Waals surface area contributed by atoms with Crippen molar-refractivity contribution in [1.29, 1.82) is 0 Å². The first kappa shape index (κ1) is 21.5. The van der Waals surface area contributed by atoms with E-state index in [4.69, 9.17) is 0 Å². The minimum atomic E-state index is -4.42. The number of nitrogens with zero attached hydrogens (tertiary/aromatic N) is 4. The van der Waals surface area contributed by atoms with Gasteiger partial charge < -0.3 is 4.90 Å². The molecule has 2 saturated heterocycles. The zero-order valence-electron chi connectivity index (χ0n) is 17.5. The molecule has 5 nitrogen and oxygen atoms in total. The Kier molecular flexibility index (Phi) is 5.34. The van der Waals surface area contributed by atoms with Crippen molar-refractivity contribution in [3.05, 3.63) is 77.6 Å². The van der Waals surface area contributed by atoms with Gasteiger partial charge in [0.05, 0.1) is 11.1 Å². The maximum absolute atomic E-state index is 14.0. The highest BCUT2D eigenvalue weighted by atomic mass is 19.4. The second-order valence-electron chi connectivity index (χ2n) is 8.51. The van der Waals surface area contributed by atoms with Crippen LogP contribution < -0.4 is 0 Å². The molecular weight excluding hydrogens is 436 g/mol. The van der Waals surface area contributed by atoms with E-state index in [2.05, 4.69) is 15.0 Å². The average Bonchev–Trinajstić information content (AvgIpc) is 3.37. The van der Waals surface area contributed by atoms with Gasteiger partial charge >= 0.3 is 6.18 Å². The molecule has 0 spiro atoms. The molecule has 1 amide bonds. The van der Waals surface area contributed by atoms with Crippen molar-refractivity contribution < 1.29 is 22.4 Å². The molecule has 170 valence electrons. The van der Waals surface area contributed by atoms with Gasteiger partial charge in [0, 0.05) is 41.9 Å². The van der Waals surface area contributed by atoms with Crippen molar-refractivity contribution in [3.63, 3.8) is 0 Å². The molecule has 1 aromatic carbocycles. The van der Waals surface area contributed by atoms with Crippen LogP contribution in [0, 0.1) is 11.7 Å². The first-order valence-electron chi connectivity index (χ1n) is 10.7. The van der Waals surface area contributed by atoms with Gasteiger partial charge in [0.1, 0.15) is 5.82 Å². The lowest BCUT2D eigenvalue weighted by molar-refractivity contribution is -0.137. The Labute approximate surface area is 187 Å². The zero-order valence-corrected chi connectivity index (χ0v) is 17.5. The first-order chi connectivity index (χ1) is 15.8. The second-order valence-corrected chi connectivity index (χ2v) is 8.51. The number of hydrogen-bond donors (Lipinski definition) is 0. The van der Waals surface area contributed by atoms with E-state index in [1.807, 2.05) is 4.90 Å². The van der Waals surface area contributed by atoms with E-state index in [0.717, 1.165) is 31.5 Å². The molecule has 2 aromatic heterocycles. The Morgan fingerprint density at radius 2 is 1.85 bits per heavy atom. The van der Waals surface area contributed by atoms with Crippen molar-refractivity contribution in [2.75, 3.05) is 0 Å². The number of carbonyl (C=O) groups excluding carboxylic acids is 1. The summed E-state index contributed by atoms with van der Waals surface area (Å²) < 4.78 is 52.4. The summed E-state index contributed by atoms with van der Waals surface area (Å²) in [6, 6.07) is 8.08. The van der Waals surface area contributed by atoms with Gasteiger partial charge in [-0.3, -0.25) is 9.78 Å². The van der Waals surface area contributed by atoms with E-state index >= 15 is 0 Å². The van der Waals surface area contributed by atoms with Crippen LogP contribution in [0.3, 0.4) is 0 Å². The van der Waals surface area contributed by atoms with E-state index in [9.17, 15) is 22.4 Å². The quantitative estimate of drug-likeness (QED) is 0.523. The van der Waals surface area contributed by atoms with Crippen molar-refractivity contribution in [2.24, 2.45) is 5.92 Å². The van der Waals surface area contributed by atoms with Gasteiger partial charge in [0.25, 0.3) is 5.91 Å². The molecule has 0 radical (unpaired) electrons. The average molecular weight is 456 g/mol. The molecule has 2 bridgehead atoms. The molecule has 4 heterocycles. The van der Waals surface area contributed by atoms with Crippen molar-refractivity contribution in [3.8, 4) is 11.4 Å². The zero-order chi connectivity index (χ0) is 23.2. The Balaban J connectivity index is 1.38. The van der Waals surface area contributed by atoms with E-state index < -0.39 is 17.6 Å². The number of fused-ring (bicyclic) bond motifs is 2. The Hall–Kier alpha value is -3.36. The Morgan fingerprint density at radius 3 is 2.55 bits per heavy atom. The summed E-state index contributed by atoms with van der Waals surface area (Å²) in [5.74, 6) is -0.302. The van der Waals surface area contributed by atoms with E-state index in [1.165, 1.54) is 36.7 Å². The number of pyridine rings is 1. The summed E-state index contributed by atoms with van der Waals surface area (Å²) in [5, 5.41) is 0. The lowest BCUT2D eigenvalue weighted by atomic mass is 9.86. The highest BCUT2D eigenvalue weighted by Gasteiger charge is 2.48. The van der Waals surface area contributed by atoms with Gasteiger partial charge in [0.15, 0.2) is 5.82 Å². The van der Waals surface area contributed by atoms with Crippen LogP contribution in [0.4, 0.5) is 17.6 Å². The molecule has 3 atom stereocenters. The van der Waals surface area contributed by atoms with Gasteiger partial charge in [-0.2, -0.15) is 13.2 Å². The number of benzene rings is 1. The number of halogens is 4. The second kappa shape index (κ2) is 8.20. The van der Waals surface area contributed by atoms with E-state index in [-0.39, 0.29) is 29.7 Å². The SMILES string of the molecule is O=C(c1ccc(F)cc1-c1ncccn1)N1C2CCC1C(Cc1ccc(C(F)(F)F)cn1)C2. The molecule has 5 rings (SSSR count). The van der Waals surface area contributed by atoms with Crippen LogP contribution >= 0.6 is 0 Å². The minimum absolute atomic E-state index is 0.0385. The molecular formula is C24H20F4N4O. The monoisotopic (exact) mass is 456 g/mol. The third-order valence-electron chi connectivity index (χ3n) is 6.54. The number of amides is 1. The number of aromatic nitrogens is 3. The van der Waals surface area contributed by atoms with Gasteiger partial charge in [-0.15, -0.1) is 0 Å².